The summed E-state index contributed by atoms with van der Waals surface area (Å²) in [6.07, 6.45) is 2.29. The summed E-state index contributed by atoms with van der Waals surface area (Å²) in [4.78, 5) is 14.1. The topological polar surface area (TPSA) is 72.9 Å². The van der Waals surface area contributed by atoms with Crippen LogP contribution in [0.25, 0.3) is 0 Å². The van der Waals surface area contributed by atoms with Crippen molar-refractivity contribution < 1.29 is 22.7 Å². The number of hydrogen-bond acceptors (Lipinski definition) is 5. The van der Waals surface area contributed by atoms with Crippen LogP contribution in [0.1, 0.15) is 19.8 Å². The Kier molecular flexibility index (Phi) is 7.34. The molecule has 0 aromatic carbocycles. The number of rotatable bonds is 9. The molecule has 21 heavy (non-hydrogen) atoms. The molecule has 0 unspecified atom stereocenters. The monoisotopic (exact) mass is 319 g/mol. The van der Waals surface area contributed by atoms with E-state index < -0.39 is 15.9 Å². The molecule has 122 valence electrons. The van der Waals surface area contributed by atoms with Crippen LogP contribution in [0, 0.1) is 0 Å². The number of methoxy groups -OCH3 is 1. The predicted octanol–water partition coefficient (Wildman–Crippen LogP) is 0.630. The summed E-state index contributed by atoms with van der Waals surface area (Å²) < 4.78 is 33.7. The first kappa shape index (κ1) is 18.1. The van der Waals surface area contributed by atoms with Gasteiger partial charge < -0.3 is 14.4 Å². The van der Waals surface area contributed by atoms with Crippen LogP contribution in [-0.4, -0.2) is 69.7 Å². The van der Waals surface area contributed by atoms with E-state index in [0.29, 0.717) is 32.6 Å². The third-order valence-electron chi connectivity index (χ3n) is 3.51. The standard InChI is InChI=1S/C14H25NO5S/c1-4-5-8-20-12(2)14(16)15(7-9-19-3)13-6-10-21(17,18)11-13/h4,12-13H,1,5-11H2,2-3H3/t12-,13+/m0/s1. The second kappa shape index (κ2) is 8.51. The minimum Gasteiger partial charge on any atom is -0.383 e. The molecule has 0 bridgehead atoms. The Morgan fingerprint density at radius 3 is 2.71 bits per heavy atom. The van der Waals surface area contributed by atoms with Gasteiger partial charge in [-0.3, -0.25) is 4.79 Å². The van der Waals surface area contributed by atoms with Crippen molar-refractivity contribution in [3.05, 3.63) is 12.7 Å². The smallest absolute Gasteiger partial charge is 0.251 e. The summed E-state index contributed by atoms with van der Waals surface area (Å²) in [6.45, 7) is 6.47. The lowest BCUT2D eigenvalue weighted by atomic mass is 10.2. The normalized spacial score (nSPS) is 21.9. The van der Waals surface area contributed by atoms with Gasteiger partial charge in [-0.05, 0) is 19.8 Å². The van der Waals surface area contributed by atoms with Crippen LogP contribution in [0.2, 0.25) is 0 Å². The van der Waals surface area contributed by atoms with Crippen LogP contribution < -0.4 is 0 Å². The molecule has 0 aromatic rings. The first-order valence-corrected chi connectivity index (χ1v) is 8.95. The molecule has 1 saturated heterocycles. The average molecular weight is 319 g/mol. The predicted molar refractivity (Wildman–Crippen MR) is 80.9 cm³/mol. The van der Waals surface area contributed by atoms with E-state index in [2.05, 4.69) is 6.58 Å². The van der Waals surface area contributed by atoms with Crippen molar-refractivity contribution in [2.45, 2.75) is 31.9 Å². The molecule has 1 amide bonds. The molecular weight excluding hydrogens is 294 g/mol. The van der Waals surface area contributed by atoms with Crippen molar-refractivity contribution in [1.29, 1.82) is 0 Å². The average Bonchev–Trinajstić information content (AvgIpc) is 2.79. The van der Waals surface area contributed by atoms with Gasteiger partial charge in [-0.1, -0.05) is 6.08 Å². The molecular formula is C14H25NO5S. The Hall–Kier alpha value is -0.920. The number of carbonyl (C=O) groups is 1. The van der Waals surface area contributed by atoms with Crippen molar-refractivity contribution in [2.24, 2.45) is 0 Å². The van der Waals surface area contributed by atoms with Crippen molar-refractivity contribution in [3.63, 3.8) is 0 Å². The van der Waals surface area contributed by atoms with Crippen LogP contribution in [0.3, 0.4) is 0 Å². The molecule has 0 N–H and O–H groups in total. The van der Waals surface area contributed by atoms with E-state index in [1.54, 1.807) is 25.0 Å². The third-order valence-corrected chi connectivity index (χ3v) is 5.26. The molecule has 1 aliphatic heterocycles. The van der Waals surface area contributed by atoms with Gasteiger partial charge in [-0.15, -0.1) is 6.58 Å². The molecule has 0 spiro atoms. The SMILES string of the molecule is C=CCCO[C@@H](C)C(=O)N(CCOC)[C@@H]1CCS(=O)(=O)C1. The largest absolute Gasteiger partial charge is 0.383 e. The fourth-order valence-electron chi connectivity index (χ4n) is 2.32. The van der Waals surface area contributed by atoms with E-state index in [-0.39, 0.29) is 23.5 Å². The lowest BCUT2D eigenvalue weighted by molar-refractivity contribution is -0.145. The Morgan fingerprint density at radius 2 is 2.19 bits per heavy atom. The van der Waals surface area contributed by atoms with Gasteiger partial charge in [-0.25, -0.2) is 8.42 Å². The zero-order valence-corrected chi connectivity index (χ0v) is 13.6. The number of ether oxygens (including phenoxy) is 2. The van der Waals surface area contributed by atoms with Gasteiger partial charge in [0, 0.05) is 19.7 Å². The minimum atomic E-state index is -3.03. The number of hydrogen-bond donors (Lipinski definition) is 0. The third kappa shape index (κ3) is 5.76. The van der Waals surface area contributed by atoms with Gasteiger partial charge in [0.05, 0.1) is 24.7 Å². The van der Waals surface area contributed by atoms with E-state index in [1.165, 1.54) is 0 Å². The maximum atomic E-state index is 12.5. The van der Waals surface area contributed by atoms with Crippen LogP contribution in [0.4, 0.5) is 0 Å². The van der Waals surface area contributed by atoms with E-state index in [1.807, 2.05) is 0 Å². The van der Waals surface area contributed by atoms with Crippen molar-refractivity contribution in [2.75, 3.05) is 38.4 Å². The number of sulfone groups is 1. The fourth-order valence-corrected chi connectivity index (χ4v) is 4.05. The highest BCUT2D eigenvalue weighted by Gasteiger charge is 2.36. The zero-order chi connectivity index (χ0) is 15.9. The minimum absolute atomic E-state index is 0.0296. The molecule has 7 heteroatoms. The molecule has 0 saturated carbocycles. The summed E-state index contributed by atoms with van der Waals surface area (Å²) in [6, 6.07) is -0.275. The molecule has 0 aliphatic carbocycles. The molecule has 2 atom stereocenters. The van der Waals surface area contributed by atoms with Crippen molar-refractivity contribution in [3.8, 4) is 0 Å². The molecule has 6 nitrogen and oxygen atoms in total. The summed E-state index contributed by atoms with van der Waals surface area (Å²) in [5.74, 6) is -0.0136. The van der Waals surface area contributed by atoms with Gasteiger partial charge in [-0.2, -0.15) is 0 Å². The van der Waals surface area contributed by atoms with E-state index in [4.69, 9.17) is 9.47 Å². The number of amides is 1. The molecule has 1 heterocycles. The second-order valence-electron chi connectivity index (χ2n) is 5.17. The molecule has 0 radical (unpaired) electrons. The maximum Gasteiger partial charge on any atom is 0.251 e. The number of carbonyl (C=O) groups excluding carboxylic acids is 1. The quantitative estimate of drug-likeness (QED) is 0.460. The van der Waals surface area contributed by atoms with Crippen LogP contribution in [0.5, 0.6) is 0 Å². The van der Waals surface area contributed by atoms with Crippen LogP contribution >= 0.6 is 0 Å². The highest BCUT2D eigenvalue weighted by atomic mass is 32.2. The van der Waals surface area contributed by atoms with E-state index >= 15 is 0 Å². The second-order valence-corrected chi connectivity index (χ2v) is 7.40. The Labute approximate surface area is 127 Å². The fraction of sp³-hybridized carbons (Fsp3) is 0.786. The molecule has 0 aromatic heterocycles. The van der Waals surface area contributed by atoms with E-state index in [0.717, 1.165) is 0 Å². The van der Waals surface area contributed by atoms with Gasteiger partial charge >= 0.3 is 0 Å². The summed E-state index contributed by atoms with van der Waals surface area (Å²) in [5, 5.41) is 0. The molecule has 1 fully saturated rings. The van der Waals surface area contributed by atoms with Crippen LogP contribution in [-0.2, 0) is 24.1 Å². The Morgan fingerprint density at radius 1 is 1.48 bits per heavy atom. The highest BCUT2D eigenvalue weighted by Crippen LogP contribution is 2.19. The van der Waals surface area contributed by atoms with Gasteiger partial charge in [0.15, 0.2) is 9.84 Å². The molecule has 1 aliphatic rings. The van der Waals surface area contributed by atoms with Gasteiger partial charge in [0.2, 0.25) is 0 Å². The van der Waals surface area contributed by atoms with E-state index in [9.17, 15) is 13.2 Å². The lowest BCUT2D eigenvalue weighted by Crippen LogP contribution is -2.47. The first-order valence-electron chi connectivity index (χ1n) is 7.13. The first-order chi connectivity index (χ1) is 9.91. The van der Waals surface area contributed by atoms with Gasteiger partial charge in [0.1, 0.15) is 6.10 Å². The van der Waals surface area contributed by atoms with Crippen molar-refractivity contribution in [1.82, 2.24) is 4.90 Å². The summed E-state index contributed by atoms with van der Waals surface area (Å²) in [7, 11) is -1.48. The lowest BCUT2D eigenvalue weighted by Gasteiger charge is -2.30. The zero-order valence-electron chi connectivity index (χ0n) is 12.8. The highest BCUT2D eigenvalue weighted by molar-refractivity contribution is 7.91. The van der Waals surface area contributed by atoms with Crippen LogP contribution in [0.15, 0.2) is 12.7 Å². The Balaban J connectivity index is 2.67. The maximum absolute atomic E-state index is 12.5. The van der Waals surface area contributed by atoms with Crippen molar-refractivity contribution >= 4 is 15.7 Å². The summed E-state index contributed by atoms with van der Waals surface area (Å²) in [5.41, 5.74) is 0. The number of nitrogens with zero attached hydrogens (tertiary/aromatic N) is 1. The summed E-state index contributed by atoms with van der Waals surface area (Å²) >= 11 is 0. The Bertz CT molecular complexity index is 448. The molecule has 1 rings (SSSR count). The van der Waals surface area contributed by atoms with Gasteiger partial charge in [0.25, 0.3) is 5.91 Å².